The third-order valence-corrected chi connectivity index (χ3v) is 5.31. The quantitative estimate of drug-likeness (QED) is 0.616. The highest BCUT2D eigenvalue weighted by Gasteiger charge is 2.32. The van der Waals surface area contributed by atoms with Crippen molar-refractivity contribution in [1.82, 2.24) is 0 Å². The molecule has 1 saturated heterocycles. The molecule has 0 aromatic heterocycles. The number of methoxy groups -OCH3 is 1. The van der Waals surface area contributed by atoms with E-state index in [1.54, 1.807) is 7.11 Å². The zero-order valence-electron chi connectivity index (χ0n) is 15.9. The maximum Gasteiger partial charge on any atom is 0.183 e. The molecule has 0 N–H and O–H groups in total. The molecular formula is C20H32O4Si. The van der Waals surface area contributed by atoms with Crippen LogP contribution in [-0.2, 0) is 25.6 Å². The first-order chi connectivity index (χ1) is 12.0. The predicted octanol–water partition coefficient (Wildman–Crippen LogP) is 4.17. The summed E-state index contributed by atoms with van der Waals surface area (Å²) in [5.41, 5.74) is 3.48. The molecule has 1 fully saturated rings. The van der Waals surface area contributed by atoms with Crippen LogP contribution in [0.5, 0.6) is 0 Å². The summed E-state index contributed by atoms with van der Waals surface area (Å²) in [6.07, 6.45) is 3.72. The van der Waals surface area contributed by atoms with E-state index < -0.39 is 8.07 Å². The van der Waals surface area contributed by atoms with Crippen molar-refractivity contribution in [3.05, 3.63) is 47.7 Å². The van der Waals surface area contributed by atoms with E-state index in [2.05, 4.69) is 43.5 Å². The van der Waals surface area contributed by atoms with Crippen LogP contribution in [0.4, 0.5) is 0 Å². The van der Waals surface area contributed by atoms with Crippen LogP contribution >= 0.6 is 0 Å². The van der Waals surface area contributed by atoms with Gasteiger partial charge in [-0.3, -0.25) is 0 Å². The largest absolute Gasteiger partial charge is 0.374 e. The van der Waals surface area contributed by atoms with Gasteiger partial charge < -0.3 is 18.9 Å². The van der Waals surface area contributed by atoms with Crippen molar-refractivity contribution < 1.29 is 18.9 Å². The summed E-state index contributed by atoms with van der Waals surface area (Å²) >= 11 is 0. The smallest absolute Gasteiger partial charge is 0.183 e. The molecule has 0 saturated carbocycles. The third kappa shape index (κ3) is 7.84. The van der Waals surface area contributed by atoms with Gasteiger partial charge in [0.25, 0.3) is 0 Å². The zero-order valence-corrected chi connectivity index (χ0v) is 16.9. The Balaban J connectivity index is 1.70. The van der Waals surface area contributed by atoms with E-state index in [1.165, 1.54) is 5.56 Å². The van der Waals surface area contributed by atoms with Crippen LogP contribution in [0.1, 0.15) is 18.4 Å². The van der Waals surface area contributed by atoms with E-state index in [9.17, 15) is 0 Å². The summed E-state index contributed by atoms with van der Waals surface area (Å²) in [6.45, 7) is 8.74. The molecule has 0 unspecified atom stereocenters. The van der Waals surface area contributed by atoms with E-state index >= 15 is 0 Å². The lowest BCUT2D eigenvalue weighted by Crippen LogP contribution is -2.43. The molecule has 0 amide bonds. The standard InChI is InChI=1S/C20H32O4Si/c1-21-20-19(23-13-8-14-25(2,3)4)12-11-18(24-20)16-22-15-17-9-6-5-7-10-17/h5-10,14,18-20H,11-13,15-16H2,1-4H3/b14-8-/t18-,19-,20-/m0/s1. The average Bonchev–Trinajstić information content (AvgIpc) is 2.59. The molecule has 0 aliphatic carbocycles. The van der Waals surface area contributed by atoms with Crippen LogP contribution in [0.3, 0.4) is 0 Å². The van der Waals surface area contributed by atoms with Crippen molar-refractivity contribution in [1.29, 1.82) is 0 Å². The lowest BCUT2D eigenvalue weighted by Gasteiger charge is -2.35. The third-order valence-electron chi connectivity index (χ3n) is 4.08. The predicted molar refractivity (Wildman–Crippen MR) is 103 cm³/mol. The average molecular weight is 365 g/mol. The first kappa shape index (κ1) is 20.3. The van der Waals surface area contributed by atoms with Gasteiger partial charge in [-0.15, -0.1) is 0 Å². The second-order valence-corrected chi connectivity index (χ2v) is 12.6. The van der Waals surface area contributed by atoms with Crippen LogP contribution in [0.15, 0.2) is 42.1 Å². The van der Waals surface area contributed by atoms with Crippen molar-refractivity contribution in [3.8, 4) is 0 Å². The fourth-order valence-electron chi connectivity index (χ4n) is 2.79. The Morgan fingerprint density at radius 1 is 1.16 bits per heavy atom. The van der Waals surface area contributed by atoms with Crippen LogP contribution in [0.2, 0.25) is 19.6 Å². The van der Waals surface area contributed by atoms with Gasteiger partial charge in [-0.05, 0) is 18.4 Å². The second kappa shape index (κ2) is 10.2. The highest BCUT2D eigenvalue weighted by Crippen LogP contribution is 2.23. The number of benzene rings is 1. The van der Waals surface area contributed by atoms with E-state index in [0.717, 1.165) is 12.8 Å². The van der Waals surface area contributed by atoms with Crippen LogP contribution in [0, 0.1) is 0 Å². The lowest BCUT2D eigenvalue weighted by molar-refractivity contribution is -0.246. The minimum atomic E-state index is -1.16. The summed E-state index contributed by atoms with van der Waals surface area (Å²) in [5.74, 6) is 0. The van der Waals surface area contributed by atoms with Crippen molar-refractivity contribution in [2.75, 3.05) is 20.3 Å². The Bertz CT molecular complexity index is 512. The fraction of sp³-hybridized carbons (Fsp3) is 0.600. The van der Waals surface area contributed by atoms with Gasteiger partial charge in [0, 0.05) is 7.11 Å². The normalized spacial score (nSPS) is 24.7. The number of hydrogen-bond donors (Lipinski definition) is 0. The molecule has 25 heavy (non-hydrogen) atoms. The van der Waals surface area contributed by atoms with E-state index in [1.807, 2.05) is 18.2 Å². The number of rotatable bonds is 9. The van der Waals surface area contributed by atoms with Crippen molar-refractivity contribution in [3.63, 3.8) is 0 Å². The van der Waals surface area contributed by atoms with Crippen molar-refractivity contribution in [2.45, 2.75) is 57.6 Å². The van der Waals surface area contributed by atoms with Crippen molar-refractivity contribution in [2.24, 2.45) is 0 Å². The Hall–Kier alpha value is -0.983. The van der Waals surface area contributed by atoms with E-state index in [-0.39, 0.29) is 18.5 Å². The van der Waals surface area contributed by atoms with Gasteiger partial charge in [-0.1, -0.05) is 61.7 Å². The molecular weight excluding hydrogens is 332 g/mol. The number of ether oxygens (including phenoxy) is 4. The Morgan fingerprint density at radius 3 is 2.60 bits per heavy atom. The molecule has 0 radical (unpaired) electrons. The van der Waals surface area contributed by atoms with Gasteiger partial charge in [0.2, 0.25) is 0 Å². The summed E-state index contributed by atoms with van der Waals surface area (Å²) in [4.78, 5) is 0. The minimum Gasteiger partial charge on any atom is -0.374 e. The van der Waals surface area contributed by atoms with Gasteiger partial charge in [0.1, 0.15) is 6.10 Å². The van der Waals surface area contributed by atoms with Crippen LogP contribution < -0.4 is 0 Å². The monoisotopic (exact) mass is 364 g/mol. The minimum absolute atomic E-state index is 0.0124. The molecule has 1 aliphatic rings. The summed E-state index contributed by atoms with van der Waals surface area (Å²) in [7, 11) is 0.510. The van der Waals surface area contributed by atoms with Gasteiger partial charge in [-0.2, -0.15) is 0 Å². The molecule has 0 bridgehead atoms. The molecule has 1 heterocycles. The molecule has 4 nitrogen and oxygen atoms in total. The molecule has 1 aliphatic heterocycles. The maximum absolute atomic E-state index is 6.00. The van der Waals surface area contributed by atoms with Crippen LogP contribution in [-0.4, -0.2) is 46.9 Å². The fourth-order valence-corrected chi connectivity index (χ4v) is 3.59. The zero-order chi connectivity index (χ0) is 18.1. The second-order valence-electron chi connectivity index (χ2n) is 7.58. The van der Waals surface area contributed by atoms with Crippen LogP contribution in [0.25, 0.3) is 0 Å². The topological polar surface area (TPSA) is 36.9 Å². The first-order valence-corrected chi connectivity index (χ1v) is 12.6. The molecule has 140 valence electrons. The molecule has 2 rings (SSSR count). The Kier molecular flexibility index (Phi) is 8.32. The molecule has 1 aromatic carbocycles. The lowest BCUT2D eigenvalue weighted by atomic mass is 10.1. The molecule has 3 atom stereocenters. The van der Waals surface area contributed by atoms with Gasteiger partial charge >= 0.3 is 0 Å². The number of hydrogen-bond acceptors (Lipinski definition) is 4. The van der Waals surface area contributed by atoms with E-state index in [4.69, 9.17) is 18.9 Å². The van der Waals surface area contributed by atoms with E-state index in [0.29, 0.717) is 19.8 Å². The Labute approximate surface area is 153 Å². The summed E-state index contributed by atoms with van der Waals surface area (Å²) < 4.78 is 23.2. The summed E-state index contributed by atoms with van der Waals surface area (Å²) in [5, 5.41) is 0. The SMILES string of the molecule is CO[C@H]1O[C@H](COCc2ccccc2)CC[C@@H]1OC/C=C\[Si](C)(C)C. The summed E-state index contributed by atoms with van der Waals surface area (Å²) in [6, 6.07) is 10.2. The first-order valence-electron chi connectivity index (χ1n) is 9.07. The van der Waals surface area contributed by atoms with Crippen molar-refractivity contribution >= 4 is 8.07 Å². The highest BCUT2D eigenvalue weighted by atomic mass is 28.3. The maximum atomic E-state index is 6.00. The van der Waals surface area contributed by atoms with Gasteiger partial charge in [0.15, 0.2) is 6.29 Å². The molecule has 0 spiro atoms. The Morgan fingerprint density at radius 2 is 1.92 bits per heavy atom. The molecule has 1 aromatic rings. The van der Waals surface area contributed by atoms with Gasteiger partial charge in [0.05, 0.1) is 34.0 Å². The highest BCUT2D eigenvalue weighted by molar-refractivity contribution is 6.80. The molecule has 5 heteroatoms. The van der Waals surface area contributed by atoms with Gasteiger partial charge in [-0.25, -0.2) is 0 Å².